The minimum Gasteiger partial charge on any atom is -0.456 e. The highest BCUT2D eigenvalue weighted by Crippen LogP contribution is 2.39. The van der Waals surface area contributed by atoms with Gasteiger partial charge in [0.25, 0.3) is 0 Å². The largest absolute Gasteiger partial charge is 0.456 e. The Bertz CT molecular complexity index is 3850. The second-order valence-corrected chi connectivity index (χ2v) is 15.4. The van der Waals surface area contributed by atoms with Crippen LogP contribution in [-0.2, 0) is 0 Å². The van der Waals surface area contributed by atoms with E-state index in [1.54, 1.807) is 0 Å². The molecule has 3 nitrogen and oxygen atoms in total. The molecule has 13 rings (SSSR count). The molecule has 3 aromatic heterocycles. The van der Waals surface area contributed by atoms with Gasteiger partial charge in [0.15, 0.2) is 0 Å². The number of rotatable bonds is 2. The Morgan fingerprint density at radius 1 is 0.246 bits per heavy atom. The summed E-state index contributed by atoms with van der Waals surface area (Å²) in [4.78, 5) is 0. The number of hydrogen-bond donors (Lipinski definition) is 0. The predicted molar refractivity (Wildman–Crippen MR) is 241 cm³/mol. The SMILES string of the molecule is c1ccc(-n2c3ccc4cc3c3cc(ccc32)c2ccc3c(c2)c2cc(ccc2n3-c2ccccc2)c2ccc3oc5ccc(cc5c3c2)c2cccc4c2)cc1. The molecule has 3 heteroatoms. The number of aromatic nitrogens is 2. The molecule has 57 heavy (non-hydrogen) atoms. The molecular formula is C54H32N2O. The van der Waals surface area contributed by atoms with Gasteiger partial charge in [-0.05, 0) is 146 Å². The molecule has 0 saturated heterocycles. The second kappa shape index (κ2) is 11.5. The number of nitrogens with zero attached hydrogens (tertiary/aromatic N) is 2. The summed E-state index contributed by atoms with van der Waals surface area (Å²) < 4.78 is 11.2. The van der Waals surface area contributed by atoms with Gasteiger partial charge in [0, 0.05) is 43.7 Å². The Hall–Kier alpha value is -7.62. The topological polar surface area (TPSA) is 23.0 Å². The molecule has 264 valence electrons. The van der Waals surface area contributed by atoms with E-state index in [9.17, 15) is 0 Å². The molecule has 0 spiro atoms. The maximum atomic E-state index is 6.42. The lowest BCUT2D eigenvalue weighted by molar-refractivity contribution is 0.669. The maximum absolute atomic E-state index is 6.42. The molecule has 0 fully saturated rings. The third-order valence-corrected chi connectivity index (χ3v) is 12.2. The summed E-state index contributed by atoms with van der Waals surface area (Å²) in [5.41, 5.74) is 8.85. The van der Waals surface area contributed by atoms with Gasteiger partial charge >= 0.3 is 0 Å². The first kappa shape index (κ1) is 30.7. The Morgan fingerprint density at radius 3 is 0.930 bits per heavy atom. The van der Waals surface area contributed by atoms with Gasteiger partial charge < -0.3 is 13.6 Å². The maximum Gasteiger partial charge on any atom is 0.135 e. The number of hydrogen-bond acceptors (Lipinski definition) is 1. The van der Waals surface area contributed by atoms with Gasteiger partial charge in [-0.1, -0.05) is 91.0 Å². The van der Waals surface area contributed by atoms with Crippen LogP contribution in [0.15, 0.2) is 199 Å². The van der Waals surface area contributed by atoms with E-state index in [0.29, 0.717) is 0 Å². The molecule has 0 N–H and O–H groups in total. The number of benzene rings is 9. The first-order valence-electron chi connectivity index (χ1n) is 19.6. The zero-order valence-electron chi connectivity index (χ0n) is 30.8. The Kier molecular flexibility index (Phi) is 6.16. The Morgan fingerprint density at radius 2 is 0.561 bits per heavy atom. The van der Waals surface area contributed by atoms with Gasteiger partial charge in [-0.25, -0.2) is 0 Å². The summed E-state index contributed by atoms with van der Waals surface area (Å²) in [5, 5.41) is 16.6. The summed E-state index contributed by atoms with van der Waals surface area (Å²) in [6, 6.07) is 71.5. The predicted octanol–water partition coefficient (Wildman–Crippen LogP) is 15.0. The van der Waals surface area contributed by atoms with Crippen LogP contribution in [0.4, 0.5) is 0 Å². The highest BCUT2D eigenvalue weighted by molar-refractivity contribution is 6.17. The number of fused-ring (bicyclic) bond motifs is 12. The minimum absolute atomic E-state index is 0.897. The Labute approximate surface area is 326 Å². The molecule has 0 saturated carbocycles. The van der Waals surface area contributed by atoms with Crippen molar-refractivity contribution in [3.63, 3.8) is 0 Å². The van der Waals surface area contributed by atoms with E-state index in [4.69, 9.17) is 4.42 Å². The van der Waals surface area contributed by atoms with E-state index in [1.807, 2.05) is 0 Å². The third-order valence-electron chi connectivity index (χ3n) is 12.2. The molecule has 10 aromatic carbocycles. The minimum atomic E-state index is 0.897. The molecule has 0 unspecified atom stereocenters. The van der Waals surface area contributed by atoms with E-state index in [0.717, 1.165) is 33.3 Å². The van der Waals surface area contributed by atoms with Crippen LogP contribution in [0.1, 0.15) is 0 Å². The molecule has 3 heterocycles. The van der Waals surface area contributed by atoms with E-state index >= 15 is 0 Å². The van der Waals surface area contributed by atoms with Crippen molar-refractivity contribution in [2.45, 2.75) is 0 Å². The highest BCUT2D eigenvalue weighted by Gasteiger charge is 2.16. The lowest BCUT2D eigenvalue weighted by Gasteiger charge is -2.08. The van der Waals surface area contributed by atoms with Crippen LogP contribution in [0.25, 0.3) is 120 Å². The van der Waals surface area contributed by atoms with Crippen LogP contribution in [0.3, 0.4) is 0 Å². The van der Waals surface area contributed by atoms with Crippen molar-refractivity contribution in [1.29, 1.82) is 0 Å². The number of furan rings is 1. The third kappa shape index (κ3) is 4.48. The van der Waals surface area contributed by atoms with Crippen molar-refractivity contribution in [3.8, 4) is 11.4 Å². The fourth-order valence-electron chi connectivity index (χ4n) is 9.49. The summed E-state index contributed by atoms with van der Waals surface area (Å²) in [7, 11) is 0. The first-order valence-corrected chi connectivity index (χ1v) is 19.6. The van der Waals surface area contributed by atoms with Crippen molar-refractivity contribution in [2.75, 3.05) is 0 Å². The molecule has 0 aliphatic rings. The van der Waals surface area contributed by atoms with Crippen LogP contribution in [0, 0.1) is 0 Å². The number of para-hydroxylation sites is 2. The average Bonchev–Trinajstić information content (AvgIpc) is 3.92. The van der Waals surface area contributed by atoms with Crippen LogP contribution < -0.4 is 0 Å². The molecule has 0 aliphatic carbocycles. The summed E-state index contributed by atoms with van der Waals surface area (Å²) in [6.07, 6.45) is 0. The fraction of sp³-hybridized carbons (Fsp3) is 0. The molecule has 14 bridgehead atoms. The average molecular weight is 725 g/mol. The van der Waals surface area contributed by atoms with Crippen LogP contribution in [0.5, 0.6) is 0 Å². The quantitative estimate of drug-likeness (QED) is 0.174. The summed E-state index contributed by atoms with van der Waals surface area (Å²) in [5.74, 6) is 0. The normalized spacial score (nSPS) is 12.2. The standard InChI is InChI=1S/C54H32N2O/c1-3-10-41(11-4-1)55-49-20-14-35-27-43(49)44-28-36(15-21-50(44)55)37-16-22-51-45(29-37)46-30-38(17-23-52(46)56(51)42-12-5-2-6-13-42)40-19-25-54-48(32-40)47-31-39(18-24-53(47)57-54)34-9-7-8-33(35)26-34/h1-32H. The van der Waals surface area contributed by atoms with Gasteiger partial charge in [0.2, 0.25) is 0 Å². The smallest absolute Gasteiger partial charge is 0.135 e. The van der Waals surface area contributed by atoms with E-state index < -0.39 is 0 Å². The summed E-state index contributed by atoms with van der Waals surface area (Å²) >= 11 is 0. The van der Waals surface area contributed by atoms with Gasteiger partial charge in [-0.2, -0.15) is 0 Å². The van der Waals surface area contributed by atoms with Crippen LogP contribution in [-0.4, -0.2) is 9.13 Å². The molecule has 0 amide bonds. The van der Waals surface area contributed by atoms with Crippen molar-refractivity contribution in [3.05, 3.63) is 194 Å². The highest BCUT2D eigenvalue weighted by atomic mass is 16.3. The lowest BCUT2D eigenvalue weighted by atomic mass is 10.0. The van der Waals surface area contributed by atoms with Gasteiger partial charge in [0.1, 0.15) is 11.2 Å². The monoisotopic (exact) mass is 724 g/mol. The Balaban J connectivity index is 1.23. The van der Waals surface area contributed by atoms with E-state index in [1.165, 1.54) is 86.7 Å². The molecule has 13 aromatic rings. The lowest BCUT2D eigenvalue weighted by Crippen LogP contribution is -1.92. The van der Waals surface area contributed by atoms with Crippen LogP contribution >= 0.6 is 0 Å². The van der Waals surface area contributed by atoms with E-state index in [-0.39, 0.29) is 0 Å². The first-order chi connectivity index (χ1) is 28.2. The molecule has 0 atom stereocenters. The summed E-state index contributed by atoms with van der Waals surface area (Å²) in [6.45, 7) is 0. The van der Waals surface area contributed by atoms with Gasteiger partial charge in [-0.15, -0.1) is 0 Å². The van der Waals surface area contributed by atoms with E-state index in [2.05, 4.69) is 203 Å². The zero-order chi connectivity index (χ0) is 37.2. The van der Waals surface area contributed by atoms with Crippen molar-refractivity contribution in [2.24, 2.45) is 0 Å². The molecular weight excluding hydrogens is 693 g/mol. The van der Waals surface area contributed by atoms with Crippen molar-refractivity contribution in [1.82, 2.24) is 9.13 Å². The van der Waals surface area contributed by atoms with Gasteiger partial charge in [-0.3, -0.25) is 0 Å². The zero-order valence-corrected chi connectivity index (χ0v) is 30.8. The molecule has 0 aliphatic heterocycles. The molecule has 0 radical (unpaired) electrons. The van der Waals surface area contributed by atoms with Crippen LogP contribution in [0.2, 0.25) is 0 Å². The fourth-order valence-corrected chi connectivity index (χ4v) is 9.49. The second-order valence-electron chi connectivity index (χ2n) is 15.4. The van der Waals surface area contributed by atoms with Gasteiger partial charge in [0.05, 0.1) is 22.1 Å². The van der Waals surface area contributed by atoms with Crippen molar-refractivity contribution < 1.29 is 4.42 Å². The van der Waals surface area contributed by atoms with Crippen molar-refractivity contribution >= 4 is 109 Å².